The zero-order chi connectivity index (χ0) is 22.3. The van der Waals surface area contributed by atoms with E-state index in [-0.39, 0.29) is 18.0 Å². The third-order valence-electron chi connectivity index (χ3n) is 8.40. The van der Waals surface area contributed by atoms with Crippen molar-refractivity contribution in [1.29, 1.82) is 0 Å². The van der Waals surface area contributed by atoms with Crippen molar-refractivity contribution in [3.8, 4) is 0 Å². The van der Waals surface area contributed by atoms with Gasteiger partial charge in [0.25, 0.3) is 5.56 Å². The topological polar surface area (TPSA) is 79.3 Å². The van der Waals surface area contributed by atoms with Gasteiger partial charge in [-0.1, -0.05) is 20.8 Å². The van der Waals surface area contributed by atoms with Crippen LogP contribution in [0.25, 0.3) is 0 Å². The quantitative estimate of drug-likeness (QED) is 0.636. The molecule has 0 aromatic carbocycles. The Labute approximate surface area is 193 Å². The van der Waals surface area contributed by atoms with E-state index < -0.39 is 0 Å². The first-order chi connectivity index (χ1) is 14.7. The Morgan fingerprint density at radius 1 is 1.29 bits per heavy atom. The lowest BCUT2D eigenvalue weighted by atomic mass is 9.45. The van der Waals surface area contributed by atoms with E-state index in [0.29, 0.717) is 34.3 Å². The van der Waals surface area contributed by atoms with Gasteiger partial charge in [-0.05, 0) is 90.8 Å². The minimum Gasteiger partial charge on any atom is -0.380 e. The highest BCUT2D eigenvalue weighted by molar-refractivity contribution is 9.10. The van der Waals surface area contributed by atoms with E-state index in [9.17, 15) is 9.59 Å². The highest BCUT2D eigenvalue weighted by atomic mass is 79.9. The van der Waals surface area contributed by atoms with Gasteiger partial charge in [-0.25, -0.2) is 4.68 Å². The second kappa shape index (κ2) is 8.85. The fourth-order valence-corrected chi connectivity index (χ4v) is 6.36. The summed E-state index contributed by atoms with van der Waals surface area (Å²) in [6.45, 7) is 9.84. The van der Waals surface area contributed by atoms with Crippen molar-refractivity contribution in [2.75, 3.05) is 32.0 Å². The van der Waals surface area contributed by atoms with E-state index in [4.69, 9.17) is 0 Å². The zero-order valence-electron chi connectivity index (χ0n) is 19.2. The van der Waals surface area contributed by atoms with Gasteiger partial charge in [-0.15, -0.1) is 0 Å². The first-order valence-corrected chi connectivity index (χ1v) is 12.4. The molecule has 1 aromatic heterocycles. The van der Waals surface area contributed by atoms with Crippen LogP contribution in [0.5, 0.6) is 0 Å². The lowest BCUT2D eigenvalue weighted by Crippen LogP contribution is -2.58. The Morgan fingerprint density at radius 3 is 2.65 bits per heavy atom. The van der Waals surface area contributed by atoms with Crippen LogP contribution in [0.4, 0.5) is 5.69 Å². The largest absolute Gasteiger partial charge is 0.380 e. The summed E-state index contributed by atoms with van der Waals surface area (Å²) in [6.07, 6.45) is 6.31. The van der Waals surface area contributed by atoms with E-state index in [0.717, 1.165) is 49.9 Å². The number of likely N-dealkylation sites (tertiary alicyclic amines) is 1. The van der Waals surface area contributed by atoms with Crippen molar-refractivity contribution in [3.05, 3.63) is 21.0 Å². The fraction of sp³-hybridized carbons (Fsp3) is 0.783. The van der Waals surface area contributed by atoms with Crippen molar-refractivity contribution in [3.63, 3.8) is 0 Å². The Morgan fingerprint density at radius 2 is 2.00 bits per heavy atom. The van der Waals surface area contributed by atoms with Gasteiger partial charge in [0.2, 0.25) is 5.91 Å². The number of amides is 1. The molecule has 31 heavy (non-hydrogen) atoms. The number of hydrogen-bond donors (Lipinski definition) is 2. The molecule has 4 fully saturated rings. The second-order valence-corrected chi connectivity index (χ2v) is 11.4. The maximum atomic E-state index is 12.8. The summed E-state index contributed by atoms with van der Waals surface area (Å²) in [6, 6.07) is 0.350. The number of carbonyl (C=O) groups is 1. The summed E-state index contributed by atoms with van der Waals surface area (Å²) in [7, 11) is 2.13. The minimum absolute atomic E-state index is 0.0531. The summed E-state index contributed by atoms with van der Waals surface area (Å²) >= 11 is 3.45. The van der Waals surface area contributed by atoms with Gasteiger partial charge in [0.1, 0.15) is 11.0 Å². The molecule has 2 heterocycles. The normalized spacial score (nSPS) is 30.5. The fourth-order valence-electron chi connectivity index (χ4n) is 5.93. The van der Waals surface area contributed by atoms with Crippen LogP contribution < -0.4 is 16.2 Å². The van der Waals surface area contributed by atoms with Crippen molar-refractivity contribution >= 4 is 27.5 Å². The number of fused-ring (bicyclic) bond motifs is 2. The molecular weight excluding hydrogens is 458 g/mol. The molecule has 3 aliphatic carbocycles. The Hall–Kier alpha value is -1.41. The molecule has 0 unspecified atom stereocenters. The molecule has 1 aliphatic heterocycles. The molecule has 4 aliphatic rings. The zero-order valence-corrected chi connectivity index (χ0v) is 20.7. The van der Waals surface area contributed by atoms with Crippen LogP contribution in [0.1, 0.15) is 46.5 Å². The second-order valence-electron chi connectivity index (χ2n) is 10.6. The third-order valence-corrected chi connectivity index (χ3v) is 9.17. The monoisotopic (exact) mass is 493 g/mol. The number of nitrogens with zero attached hydrogens (tertiary/aromatic N) is 3. The first kappa shape index (κ1) is 22.8. The lowest BCUT2D eigenvalue weighted by molar-refractivity contribution is -0.122. The molecule has 1 saturated heterocycles. The molecule has 2 N–H and O–H groups in total. The van der Waals surface area contributed by atoms with Crippen molar-refractivity contribution in [2.45, 2.75) is 59.0 Å². The van der Waals surface area contributed by atoms with Gasteiger partial charge in [-0.3, -0.25) is 9.59 Å². The van der Waals surface area contributed by atoms with Crippen molar-refractivity contribution < 1.29 is 4.79 Å². The van der Waals surface area contributed by atoms with Gasteiger partial charge in [-0.2, -0.15) is 5.10 Å². The van der Waals surface area contributed by atoms with E-state index in [1.54, 1.807) is 6.20 Å². The standard InChI is InChI=1S/C23H36BrN5O2/c1-14-17-9-16(23(17,2)3)10-18(14)27-19-12-26-29(22(31)21(19)24)13-20(30)25-11-15-5-7-28(4)8-6-15/h12,14-18,27H,5-11,13H2,1-4H3,(H,25,30)/t14-,16-,17+,18-/m1/s1. The number of aromatic nitrogens is 2. The van der Waals surface area contributed by atoms with Crippen LogP contribution in [0.3, 0.4) is 0 Å². The maximum Gasteiger partial charge on any atom is 0.283 e. The van der Waals surface area contributed by atoms with Crippen LogP contribution in [0.2, 0.25) is 0 Å². The number of carbonyl (C=O) groups excluding carboxylic acids is 1. The third kappa shape index (κ3) is 4.56. The molecule has 2 bridgehead atoms. The molecule has 3 saturated carbocycles. The lowest BCUT2D eigenvalue weighted by Gasteiger charge is -2.62. The summed E-state index contributed by atoms with van der Waals surface area (Å²) in [5, 5.41) is 10.8. The van der Waals surface area contributed by atoms with Crippen molar-refractivity contribution in [1.82, 2.24) is 20.0 Å². The number of anilines is 1. The van der Waals surface area contributed by atoms with Crippen LogP contribution in [-0.4, -0.2) is 53.3 Å². The molecule has 0 spiro atoms. The average molecular weight is 494 g/mol. The number of rotatable bonds is 6. The minimum atomic E-state index is -0.270. The van der Waals surface area contributed by atoms with E-state index in [1.807, 2.05) is 0 Å². The molecule has 5 rings (SSSR count). The Kier molecular flexibility index (Phi) is 6.50. The molecule has 4 atom stereocenters. The number of halogens is 1. The summed E-state index contributed by atoms with van der Waals surface area (Å²) in [5.41, 5.74) is 0.884. The molecule has 8 heteroatoms. The predicted octanol–water partition coefficient (Wildman–Crippen LogP) is 2.95. The average Bonchev–Trinajstić information content (AvgIpc) is 2.74. The first-order valence-electron chi connectivity index (χ1n) is 11.6. The molecule has 0 radical (unpaired) electrons. The van der Waals surface area contributed by atoms with Crippen LogP contribution in [-0.2, 0) is 11.3 Å². The van der Waals surface area contributed by atoms with E-state index in [1.165, 1.54) is 11.1 Å². The number of piperidine rings is 1. The highest BCUT2D eigenvalue weighted by Gasteiger charge is 2.56. The molecule has 1 amide bonds. The van der Waals surface area contributed by atoms with E-state index >= 15 is 0 Å². The van der Waals surface area contributed by atoms with Gasteiger partial charge in [0, 0.05) is 12.6 Å². The maximum absolute atomic E-state index is 12.8. The summed E-state index contributed by atoms with van der Waals surface area (Å²) in [4.78, 5) is 27.5. The highest BCUT2D eigenvalue weighted by Crippen LogP contribution is 2.61. The van der Waals surface area contributed by atoms with Crippen LogP contribution in [0, 0.1) is 29.1 Å². The van der Waals surface area contributed by atoms with Gasteiger partial charge in [0.15, 0.2) is 0 Å². The Bertz CT molecular complexity index is 877. The Balaban J connectivity index is 1.33. The van der Waals surface area contributed by atoms with Gasteiger partial charge in [0.05, 0.1) is 11.9 Å². The molecule has 7 nitrogen and oxygen atoms in total. The summed E-state index contributed by atoms with van der Waals surface area (Å²) < 4.78 is 1.70. The van der Waals surface area contributed by atoms with Crippen molar-refractivity contribution in [2.24, 2.45) is 29.1 Å². The molecule has 1 aromatic rings. The molecule has 172 valence electrons. The van der Waals surface area contributed by atoms with Gasteiger partial charge >= 0.3 is 0 Å². The van der Waals surface area contributed by atoms with Crippen LogP contribution >= 0.6 is 15.9 Å². The summed E-state index contributed by atoms with van der Waals surface area (Å²) in [5.74, 6) is 2.37. The van der Waals surface area contributed by atoms with Gasteiger partial charge < -0.3 is 15.5 Å². The SMILES string of the molecule is C[C@H]1[C@H](Nc2cnn(CC(=O)NCC3CCN(C)CC3)c(=O)c2Br)C[C@H]2C[C@@H]1C2(C)C. The van der Waals surface area contributed by atoms with Crippen LogP contribution in [0.15, 0.2) is 15.5 Å². The molecular formula is C23H36BrN5O2. The van der Waals surface area contributed by atoms with E-state index in [2.05, 4.69) is 64.4 Å². The number of nitrogens with one attached hydrogen (secondary N) is 2. The predicted molar refractivity (Wildman–Crippen MR) is 126 cm³/mol. The smallest absolute Gasteiger partial charge is 0.283 e. The number of hydrogen-bond acceptors (Lipinski definition) is 5.